The van der Waals surface area contributed by atoms with Crippen molar-refractivity contribution in [1.29, 1.82) is 0 Å². The van der Waals surface area contributed by atoms with Crippen molar-refractivity contribution in [2.45, 2.75) is 0 Å². The Hall–Kier alpha value is -2.14. The minimum Gasteiger partial charge on any atom is -0.496 e. The van der Waals surface area contributed by atoms with Crippen LogP contribution in [0.1, 0.15) is 10.5 Å². The summed E-state index contributed by atoms with van der Waals surface area (Å²) in [6, 6.07) is 7.05. The molecule has 0 fully saturated rings. The van der Waals surface area contributed by atoms with Crippen molar-refractivity contribution in [3.8, 4) is 5.75 Å². The van der Waals surface area contributed by atoms with Gasteiger partial charge in [-0.3, -0.25) is 15.0 Å². The highest BCUT2D eigenvalue weighted by atomic mass is 16.5. The van der Waals surface area contributed by atoms with E-state index >= 15 is 0 Å². The van der Waals surface area contributed by atoms with Crippen LogP contribution < -0.4 is 10.2 Å². The molecule has 2 rings (SSSR count). The van der Waals surface area contributed by atoms with E-state index in [1.807, 2.05) is 0 Å². The highest BCUT2D eigenvalue weighted by molar-refractivity contribution is 6.06. The summed E-state index contributed by atoms with van der Waals surface area (Å²) in [5.41, 5.74) is 1.73. The van der Waals surface area contributed by atoms with Crippen LogP contribution >= 0.6 is 0 Å². The molecule has 1 amide bonds. The van der Waals surface area contributed by atoms with E-state index in [1.54, 1.807) is 36.9 Å². The molecule has 0 unspecified atom stereocenters. The maximum absolute atomic E-state index is 11.4. The van der Waals surface area contributed by atoms with Crippen molar-refractivity contribution in [2.75, 3.05) is 7.11 Å². The third-order valence-electron chi connectivity index (χ3n) is 2.30. The fraction of sp³-hybridized carbons (Fsp3) is 0.0909. The zero-order chi connectivity index (χ0) is 11.5. The van der Waals surface area contributed by atoms with E-state index in [9.17, 15) is 4.79 Å². The number of hydrogen-bond acceptors (Lipinski definition) is 4. The number of hydrogen-bond donors (Lipinski definition) is 2. The van der Waals surface area contributed by atoms with E-state index in [0.29, 0.717) is 11.1 Å². The number of pyridine rings is 1. The van der Waals surface area contributed by atoms with Crippen molar-refractivity contribution < 1.29 is 14.7 Å². The van der Waals surface area contributed by atoms with Crippen molar-refractivity contribution >= 4 is 16.7 Å². The van der Waals surface area contributed by atoms with E-state index in [2.05, 4.69) is 4.98 Å². The van der Waals surface area contributed by atoms with Crippen LogP contribution in [0.5, 0.6) is 5.75 Å². The Balaban J connectivity index is 2.73. The predicted octanol–water partition coefficient (Wildman–Crippen LogP) is 1.36. The summed E-state index contributed by atoms with van der Waals surface area (Å²) in [5, 5.41) is 10.0. The molecule has 5 heteroatoms. The van der Waals surface area contributed by atoms with Gasteiger partial charge in [-0.25, -0.2) is 5.48 Å². The summed E-state index contributed by atoms with van der Waals surface area (Å²) >= 11 is 0. The lowest BCUT2D eigenvalue weighted by Gasteiger charge is -2.07. The summed E-state index contributed by atoms with van der Waals surface area (Å²) in [6.45, 7) is 0. The molecule has 16 heavy (non-hydrogen) atoms. The number of nitrogens with zero attached hydrogens (tertiary/aromatic N) is 1. The van der Waals surface area contributed by atoms with Gasteiger partial charge in [0, 0.05) is 17.0 Å². The number of hydroxylamine groups is 1. The molecule has 0 aliphatic carbocycles. The number of aromatic nitrogens is 1. The van der Waals surface area contributed by atoms with Gasteiger partial charge in [0.2, 0.25) is 0 Å². The van der Waals surface area contributed by atoms with Crippen LogP contribution in [0.25, 0.3) is 10.8 Å². The standard InChI is InChI=1S/C11H10N2O3/c1-16-9-4-2-3-8-7(9)5-6-12-10(8)11(14)13-15/h2-6,15H,1H3,(H,13,14). The minimum atomic E-state index is -0.640. The first-order chi connectivity index (χ1) is 7.77. The number of ether oxygens (including phenoxy) is 1. The van der Waals surface area contributed by atoms with Crippen molar-refractivity contribution in [3.05, 3.63) is 36.2 Å². The fourth-order valence-electron chi connectivity index (χ4n) is 1.59. The highest BCUT2D eigenvalue weighted by Crippen LogP contribution is 2.26. The minimum absolute atomic E-state index is 0.166. The van der Waals surface area contributed by atoms with E-state index in [1.165, 1.54) is 6.20 Å². The summed E-state index contributed by atoms with van der Waals surface area (Å²) < 4.78 is 5.17. The predicted molar refractivity (Wildman–Crippen MR) is 57.5 cm³/mol. The SMILES string of the molecule is COc1cccc2c(C(=O)NO)nccc12. The molecule has 0 aliphatic heterocycles. The Labute approximate surface area is 91.6 Å². The molecule has 5 nitrogen and oxygen atoms in total. The van der Waals surface area contributed by atoms with Crippen LogP contribution in [0.15, 0.2) is 30.5 Å². The van der Waals surface area contributed by atoms with Gasteiger partial charge in [0.25, 0.3) is 5.91 Å². The highest BCUT2D eigenvalue weighted by Gasteiger charge is 2.12. The van der Waals surface area contributed by atoms with Gasteiger partial charge in [0.05, 0.1) is 7.11 Å². The average molecular weight is 218 g/mol. The number of benzene rings is 1. The monoisotopic (exact) mass is 218 g/mol. The van der Waals surface area contributed by atoms with Crippen LogP contribution in [0.3, 0.4) is 0 Å². The Morgan fingerprint density at radius 1 is 1.38 bits per heavy atom. The summed E-state index contributed by atoms with van der Waals surface area (Å²) in [7, 11) is 1.56. The molecule has 82 valence electrons. The zero-order valence-corrected chi connectivity index (χ0v) is 8.60. The molecule has 0 spiro atoms. The first-order valence-corrected chi connectivity index (χ1v) is 4.64. The molecule has 2 N–H and O–H groups in total. The number of methoxy groups -OCH3 is 1. The molecule has 0 saturated heterocycles. The zero-order valence-electron chi connectivity index (χ0n) is 8.60. The molecule has 1 heterocycles. The quantitative estimate of drug-likeness (QED) is 0.589. The van der Waals surface area contributed by atoms with E-state index in [0.717, 1.165) is 5.39 Å². The van der Waals surface area contributed by atoms with Crippen molar-refractivity contribution in [3.63, 3.8) is 0 Å². The molecule has 1 aromatic carbocycles. The number of rotatable bonds is 2. The number of fused-ring (bicyclic) bond motifs is 1. The average Bonchev–Trinajstić information content (AvgIpc) is 2.36. The van der Waals surface area contributed by atoms with E-state index in [-0.39, 0.29) is 5.69 Å². The number of carbonyl (C=O) groups is 1. The number of nitrogens with one attached hydrogen (secondary N) is 1. The smallest absolute Gasteiger partial charge is 0.293 e. The molecular formula is C11H10N2O3. The lowest BCUT2D eigenvalue weighted by Crippen LogP contribution is -2.20. The Morgan fingerprint density at radius 2 is 2.19 bits per heavy atom. The van der Waals surface area contributed by atoms with Gasteiger partial charge < -0.3 is 4.74 Å². The first-order valence-electron chi connectivity index (χ1n) is 4.64. The van der Waals surface area contributed by atoms with Gasteiger partial charge in [-0.1, -0.05) is 12.1 Å². The van der Waals surface area contributed by atoms with Gasteiger partial charge in [-0.2, -0.15) is 0 Å². The summed E-state index contributed by atoms with van der Waals surface area (Å²) in [4.78, 5) is 15.3. The Morgan fingerprint density at radius 3 is 2.88 bits per heavy atom. The normalized spacial score (nSPS) is 10.1. The van der Waals surface area contributed by atoms with Crippen LogP contribution in [0.2, 0.25) is 0 Å². The van der Waals surface area contributed by atoms with Gasteiger partial charge in [-0.15, -0.1) is 0 Å². The molecule has 0 saturated carbocycles. The number of amides is 1. The van der Waals surface area contributed by atoms with Gasteiger partial charge in [-0.05, 0) is 12.1 Å². The van der Waals surface area contributed by atoms with Crippen LogP contribution in [0.4, 0.5) is 0 Å². The van der Waals surface area contributed by atoms with Crippen molar-refractivity contribution in [2.24, 2.45) is 0 Å². The topological polar surface area (TPSA) is 71.5 Å². The lowest BCUT2D eigenvalue weighted by atomic mass is 10.1. The molecule has 0 atom stereocenters. The second-order valence-electron chi connectivity index (χ2n) is 3.16. The third-order valence-corrected chi connectivity index (χ3v) is 2.30. The molecule has 2 aromatic rings. The van der Waals surface area contributed by atoms with Crippen LogP contribution in [-0.2, 0) is 0 Å². The van der Waals surface area contributed by atoms with E-state index < -0.39 is 5.91 Å². The third kappa shape index (κ3) is 1.57. The summed E-state index contributed by atoms with van der Waals surface area (Å²) in [6.07, 6.45) is 1.50. The van der Waals surface area contributed by atoms with Crippen LogP contribution in [-0.4, -0.2) is 23.2 Å². The number of carbonyl (C=O) groups excluding carboxylic acids is 1. The maximum atomic E-state index is 11.4. The van der Waals surface area contributed by atoms with E-state index in [4.69, 9.17) is 9.94 Å². The fourth-order valence-corrected chi connectivity index (χ4v) is 1.59. The molecule has 0 aliphatic rings. The summed E-state index contributed by atoms with van der Waals surface area (Å²) in [5.74, 6) is 0.0192. The Kier molecular flexibility index (Phi) is 2.70. The lowest BCUT2D eigenvalue weighted by molar-refractivity contribution is 0.0703. The van der Waals surface area contributed by atoms with Gasteiger partial charge >= 0.3 is 0 Å². The molecule has 0 radical (unpaired) electrons. The second kappa shape index (κ2) is 4.16. The largest absolute Gasteiger partial charge is 0.496 e. The van der Waals surface area contributed by atoms with Gasteiger partial charge in [0.15, 0.2) is 0 Å². The Bertz CT molecular complexity index is 540. The second-order valence-corrected chi connectivity index (χ2v) is 3.16. The molecular weight excluding hydrogens is 208 g/mol. The molecule has 0 bridgehead atoms. The van der Waals surface area contributed by atoms with Crippen LogP contribution in [0, 0.1) is 0 Å². The maximum Gasteiger partial charge on any atom is 0.293 e. The van der Waals surface area contributed by atoms with Crippen molar-refractivity contribution in [1.82, 2.24) is 10.5 Å². The first kappa shape index (κ1) is 10.4. The molecule has 1 aromatic heterocycles. The van der Waals surface area contributed by atoms with Gasteiger partial charge in [0.1, 0.15) is 11.4 Å².